The Kier molecular flexibility index (Phi) is 7.83. The molecule has 0 spiro atoms. The molecule has 0 aliphatic carbocycles. The lowest BCUT2D eigenvalue weighted by molar-refractivity contribution is -0.139. The van der Waals surface area contributed by atoms with E-state index in [2.05, 4.69) is 24.1 Å². The summed E-state index contributed by atoms with van der Waals surface area (Å²) < 4.78 is 0. The van der Waals surface area contributed by atoms with E-state index in [-0.39, 0.29) is 41.4 Å². The van der Waals surface area contributed by atoms with Gasteiger partial charge in [-0.15, -0.1) is 0 Å². The lowest BCUT2D eigenvalue weighted by atomic mass is 9.91. The number of nitrogens with zero attached hydrogens (tertiary/aromatic N) is 3. The zero-order valence-corrected chi connectivity index (χ0v) is 20.3. The minimum Gasteiger partial charge on any atom is -0.355 e. The highest BCUT2D eigenvalue weighted by Gasteiger charge is 2.38. The first kappa shape index (κ1) is 24.5. The van der Waals surface area contributed by atoms with Crippen molar-refractivity contribution in [1.29, 1.82) is 0 Å². The van der Waals surface area contributed by atoms with Gasteiger partial charge in [-0.3, -0.25) is 14.4 Å². The molecule has 1 N–H and O–H groups in total. The Labute approximate surface area is 196 Å². The van der Waals surface area contributed by atoms with E-state index in [0.717, 1.165) is 12.2 Å². The molecule has 1 atom stereocenters. The molecule has 3 amide bonds. The molecule has 0 aromatic heterocycles. The van der Waals surface area contributed by atoms with Crippen molar-refractivity contribution >= 4 is 35.0 Å². The topological polar surface area (TPSA) is 73.0 Å². The first-order valence-electron chi connectivity index (χ1n) is 11.3. The Bertz CT molecular complexity index is 849. The van der Waals surface area contributed by atoms with Gasteiger partial charge in [0.25, 0.3) is 0 Å². The number of amides is 3. The third-order valence-electron chi connectivity index (χ3n) is 6.26. The molecular formula is C24H35ClN4O3. The van der Waals surface area contributed by atoms with Crippen molar-refractivity contribution in [3.05, 3.63) is 29.3 Å². The van der Waals surface area contributed by atoms with E-state index in [0.29, 0.717) is 44.0 Å². The minimum atomic E-state index is -0.348. The summed E-state index contributed by atoms with van der Waals surface area (Å²) in [5.41, 5.74) is 0.727. The Balaban J connectivity index is 1.48. The van der Waals surface area contributed by atoms with E-state index in [1.807, 2.05) is 25.1 Å². The normalized spacial score (nSPS) is 20.2. The number of carbonyl (C=O) groups is 3. The smallest absolute Gasteiger partial charge is 0.228 e. The third kappa shape index (κ3) is 6.23. The van der Waals surface area contributed by atoms with Crippen molar-refractivity contribution in [3.8, 4) is 0 Å². The fraction of sp³-hybridized carbons (Fsp3) is 0.625. The second kappa shape index (κ2) is 10.2. The summed E-state index contributed by atoms with van der Waals surface area (Å²) in [5, 5.41) is 3.67. The number of hydrogen-bond acceptors (Lipinski definition) is 4. The van der Waals surface area contributed by atoms with Crippen LogP contribution in [0.1, 0.15) is 33.1 Å². The number of rotatable bonds is 7. The van der Waals surface area contributed by atoms with Gasteiger partial charge in [0.05, 0.1) is 5.92 Å². The molecule has 7 nitrogen and oxygen atoms in total. The summed E-state index contributed by atoms with van der Waals surface area (Å²) in [5.74, 6) is -0.387. The Morgan fingerprint density at radius 2 is 1.88 bits per heavy atom. The molecular weight excluding hydrogens is 428 g/mol. The number of piperidine rings is 1. The van der Waals surface area contributed by atoms with Crippen molar-refractivity contribution in [1.82, 2.24) is 15.1 Å². The Hall–Kier alpha value is -2.12. The van der Waals surface area contributed by atoms with Gasteiger partial charge >= 0.3 is 0 Å². The first-order chi connectivity index (χ1) is 15.1. The van der Waals surface area contributed by atoms with Crippen LogP contribution in [0, 0.1) is 17.3 Å². The second-order valence-corrected chi connectivity index (χ2v) is 10.5. The first-order valence-corrected chi connectivity index (χ1v) is 11.7. The molecule has 8 heteroatoms. The molecule has 1 aromatic rings. The number of likely N-dealkylation sites (tertiary alicyclic amines) is 1. The number of carbonyl (C=O) groups excluding carboxylic acids is 3. The summed E-state index contributed by atoms with van der Waals surface area (Å²) in [6.07, 6.45) is 1.53. The molecule has 176 valence electrons. The summed E-state index contributed by atoms with van der Waals surface area (Å²) in [6.45, 7) is 7.30. The zero-order chi connectivity index (χ0) is 23.5. The van der Waals surface area contributed by atoms with E-state index in [4.69, 9.17) is 11.6 Å². The van der Waals surface area contributed by atoms with E-state index in [1.54, 1.807) is 23.1 Å². The monoisotopic (exact) mass is 462 g/mol. The lowest BCUT2D eigenvalue weighted by Crippen LogP contribution is -2.47. The molecule has 3 rings (SSSR count). The van der Waals surface area contributed by atoms with Crippen molar-refractivity contribution < 1.29 is 14.4 Å². The number of nitrogens with one attached hydrogen (secondary N) is 1. The molecule has 2 saturated heterocycles. The van der Waals surface area contributed by atoms with E-state index in [1.165, 1.54) is 0 Å². The average molecular weight is 463 g/mol. The van der Waals surface area contributed by atoms with Crippen LogP contribution in [0.25, 0.3) is 0 Å². The number of anilines is 1. The lowest BCUT2D eigenvalue weighted by Gasteiger charge is -2.34. The van der Waals surface area contributed by atoms with Gasteiger partial charge < -0.3 is 20.0 Å². The van der Waals surface area contributed by atoms with Crippen molar-refractivity contribution in [2.24, 2.45) is 17.3 Å². The van der Waals surface area contributed by atoms with Gasteiger partial charge in [-0.1, -0.05) is 31.5 Å². The molecule has 32 heavy (non-hydrogen) atoms. The van der Waals surface area contributed by atoms with Crippen LogP contribution >= 0.6 is 11.6 Å². The van der Waals surface area contributed by atoms with Crippen LogP contribution in [0.5, 0.6) is 0 Å². The van der Waals surface area contributed by atoms with Crippen LogP contribution < -0.4 is 10.2 Å². The minimum absolute atomic E-state index is 0.000304. The van der Waals surface area contributed by atoms with Gasteiger partial charge in [0.15, 0.2) is 0 Å². The number of benzene rings is 1. The standard InChI is InChI=1S/C24H35ClN4O3/c1-24(2,16-27(3)4)15-26-22(31)17-8-10-28(11-9-17)23(32)18-12-21(30)29(14-18)20-7-5-6-19(25)13-20/h5-7,13,17-18H,8-12,14-16H2,1-4H3,(H,26,31). The Morgan fingerprint density at radius 1 is 1.19 bits per heavy atom. The maximum absolute atomic E-state index is 13.0. The van der Waals surface area contributed by atoms with Crippen LogP contribution in [0.3, 0.4) is 0 Å². The van der Waals surface area contributed by atoms with Gasteiger partial charge in [-0.2, -0.15) is 0 Å². The maximum atomic E-state index is 13.0. The molecule has 1 aromatic carbocycles. The summed E-state index contributed by atoms with van der Waals surface area (Å²) in [6, 6.07) is 7.14. The highest BCUT2D eigenvalue weighted by atomic mass is 35.5. The summed E-state index contributed by atoms with van der Waals surface area (Å²) in [7, 11) is 4.06. The van der Waals surface area contributed by atoms with Crippen molar-refractivity contribution in [2.75, 3.05) is 51.7 Å². The van der Waals surface area contributed by atoms with Crippen LogP contribution in [0.2, 0.25) is 5.02 Å². The number of hydrogen-bond donors (Lipinski definition) is 1. The van der Waals surface area contributed by atoms with Crippen LogP contribution in [-0.2, 0) is 14.4 Å². The average Bonchev–Trinajstić information content (AvgIpc) is 3.12. The highest BCUT2D eigenvalue weighted by Crippen LogP contribution is 2.29. The molecule has 0 bridgehead atoms. The van der Waals surface area contributed by atoms with Gasteiger partial charge in [0.1, 0.15) is 0 Å². The van der Waals surface area contributed by atoms with Crippen LogP contribution in [0.4, 0.5) is 5.69 Å². The fourth-order valence-electron chi connectivity index (χ4n) is 4.77. The van der Waals surface area contributed by atoms with Crippen LogP contribution in [-0.4, -0.2) is 74.3 Å². The molecule has 0 radical (unpaired) electrons. The molecule has 1 unspecified atom stereocenters. The zero-order valence-electron chi connectivity index (χ0n) is 19.6. The predicted molar refractivity (Wildman–Crippen MR) is 127 cm³/mol. The Morgan fingerprint density at radius 3 is 2.50 bits per heavy atom. The molecule has 2 aliphatic rings. The molecule has 2 aliphatic heterocycles. The third-order valence-corrected chi connectivity index (χ3v) is 6.49. The van der Waals surface area contributed by atoms with Crippen LogP contribution in [0.15, 0.2) is 24.3 Å². The fourth-order valence-corrected chi connectivity index (χ4v) is 4.95. The summed E-state index contributed by atoms with van der Waals surface area (Å²) in [4.78, 5) is 43.8. The molecule has 2 heterocycles. The van der Waals surface area contributed by atoms with E-state index < -0.39 is 0 Å². The molecule has 0 saturated carbocycles. The number of halogens is 1. The van der Waals surface area contributed by atoms with Gasteiger partial charge in [0, 0.05) is 55.8 Å². The summed E-state index contributed by atoms with van der Waals surface area (Å²) >= 11 is 6.05. The second-order valence-electron chi connectivity index (χ2n) is 10.1. The van der Waals surface area contributed by atoms with Gasteiger partial charge in [-0.25, -0.2) is 0 Å². The predicted octanol–water partition coefficient (Wildman–Crippen LogP) is 2.64. The van der Waals surface area contributed by atoms with Crippen molar-refractivity contribution in [3.63, 3.8) is 0 Å². The van der Waals surface area contributed by atoms with Crippen molar-refractivity contribution in [2.45, 2.75) is 33.1 Å². The quantitative estimate of drug-likeness (QED) is 0.676. The largest absolute Gasteiger partial charge is 0.355 e. The van der Waals surface area contributed by atoms with Gasteiger partial charge in [0.2, 0.25) is 17.7 Å². The highest BCUT2D eigenvalue weighted by molar-refractivity contribution is 6.31. The van der Waals surface area contributed by atoms with E-state index in [9.17, 15) is 14.4 Å². The van der Waals surface area contributed by atoms with Gasteiger partial charge in [-0.05, 0) is 50.6 Å². The maximum Gasteiger partial charge on any atom is 0.228 e. The SMILES string of the molecule is CN(C)CC(C)(C)CNC(=O)C1CCN(C(=O)C2CC(=O)N(c3cccc(Cl)c3)C2)CC1. The molecule has 2 fully saturated rings. The van der Waals surface area contributed by atoms with E-state index >= 15 is 0 Å².